The lowest BCUT2D eigenvalue weighted by molar-refractivity contribution is 0.0786. The monoisotopic (exact) mass is 331 g/mol. The van der Waals surface area contributed by atoms with E-state index in [2.05, 4.69) is 15.0 Å². The molecule has 122 valence electrons. The topological polar surface area (TPSA) is 62.2 Å². The fraction of sp³-hybridized carbons (Fsp3) is 0.500. The maximum absolute atomic E-state index is 12.4. The first-order chi connectivity index (χ1) is 11.1. The van der Waals surface area contributed by atoms with Crippen LogP contribution in [0, 0.1) is 6.92 Å². The van der Waals surface area contributed by atoms with Crippen LogP contribution in [0.15, 0.2) is 17.9 Å². The van der Waals surface area contributed by atoms with Crippen LogP contribution < -0.4 is 4.90 Å². The molecule has 1 saturated heterocycles. The van der Waals surface area contributed by atoms with Crippen molar-refractivity contribution in [1.29, 1.82) is 0 Å². The van der Waals surface area contributed by atoms with Gasteiger partial charge in [0.2, 0.25) is 0 Å². The second kappa shape index (κ2) is 7.04. The van der Waals surface area contributed by atoms with Gasteiger partial charge in [0.1, 0.15) is 11.5 Å². The highest BCUT2D eigenvalue weighted by molar-refractivity contribution is 7.09. The predicted molar refractivity (Wildman–Crippen MR) is 91.0 cm³/mol. The summed E-state index contributed by atoms with van der Waals surface area (Å²) < 4.78 is 0. The molecule has 1 aliphatic heterocycles. The lowest BCUT2D eigenvalue weighted by atomic mass is 10.3. The zero-order valence-electron chi connectivity index (χ0n) is 13.5. The number of hydrogen-bond acceptors (Lipinski definition) is 6. The zero-order chi connectivity index (χ0) is 16.2. The van der Waals surface area contributed by atoms with Gasteiger partial charge in [-0.05, 0) is 19.8 Å². The van der Waals surface area contributed by atoms with Gasteiger partial charge in [0, 0.05) is 38.0 Å². The third-order valence-corrected chi connectivity index (χ3v) is 5.14. The molecule has 0 bridgehead atoms. The van der Waals surface area contributed by atoms with E-state index in [9.17, 15) is 4.79 Å². The lowest BCUT2D eigenvalue weighted by Crippen LogP contribution is -2.29. The molecular formula is C16H21N5OS. The normalized spacial score (nSPS) is 14.3. The third kappa shape index (κ3) is 3.67. The van der Waals surface area contributed by atoms with Crippen LogP contribution >= 0.6 is 11.3 Å². The molecule has 23 heavy (non-hydrogen) atoms. The predicted octanol–water partition coefficient (Wildman–Crippen LogP) is 2.16. The summed E-state index contributed by atoms with van der Waals surface area (Å²) in [5, 5.41) is 0. The van der Waals surface area contributed by atoms with Crippen LogP contribution in [0.1, 0.15) is 33.9 Å². The molecule has 7 heteroatoms. The first-order valence-electron chi connectivity index (χ1n) is 7.86. The Hall–Kier alpha value is -2.02. The number of thiazole rings is 1. The number of carbonyl (C=O) groups excluding carboxylic acids is 1. The Morgan fingerprint density at radius 1 is 1.35 bits per heavy atom. The number of likely N-dealkylation sites (N-methyl/N-ethyl adjacent to an activating group) is 1. The summed E-state index contributed by atoms with van der Waals surface area (Å²) in [4.78, 5) is 30.6. The minimum atomic E-state index is -0.0106. The molecule has 0 saturated carbocycles. The molecule has 0 N–H and O–H groups in total. The Morgan fingerprint density at radius 3 is 2.83 bits per heavy atom. The molecule has 0 radical (unpaired) electrons. The SMILES string of the molecule is Cc1ncsc1CCN(C)c1cncc(C(=O)N2CCCC2)n1. The van der Waals surface area contributed by atoms with Crippen LogP contribution in [-0.2, 0) is 6.42 Å². The number of anilines is 1. The van der Waals surface area contributed by atoms with Gasteiger partial charge < -0.3 is 9.80 Å². The number of amides is 1. The molecule has 0 unspecified atom stereocenters. The van der Waals surface area contributed by atoms with Crippen LogP contribution in [0.2, 0.25) is 0 Å². The Balaban J connectivity index is 1.66. The number of nitrogens with zero attached hydrogens (tertiary/aromatic N) is 5. The zero-order valence-corrected chi connectivity index (χ0v) is 14.3. The molecule has 0 aromatic carbocycles. The van der Waals surface area contributed by atoms with E-state index in [0.29, 0.717) is 5.69 Å². The maximum atomic E-state index is 12.4. The maximum Gasteiger partial charge on any atom is 0.274 e. The van der Waals surface area contributed by atoms with E-state index in [4.69, 9.17) is 0 Å². The summed E-state index contributed by atoms with van der Waals surface area (Å²) in [6.07, 6.45) is 6.34. The van der Waals surface area contributed by atoms with Gasteiger partial charge in [-0.25, -0.2) is 9.97 Å². The van der Waals surface area contributed by atoms with Gasteiger partial charge in [0.15, 0.2) is 0 Å². The molecule has 0 spiro atoms. The molecule has 0 aliphatic carbocycles. The standard InChI is InChI=1S/C16H21N5OS/c1-12-14(23-11-18-12)5-8-20(2)15-10-17-9-13(19-15)16(22)21-6-3-4-7-21/h9-11H,3-8H2,1-2H3. The fourth-order valence-corrected chi connectivity index (χ4v) is 3.45. The number of likely N-dealkylation sites (tertiary alicyclic amines) is 1. The quantitative estimate of drug-likeness (QED) is 0.840. The van der Waals surface area contributed by atoms with Crippen molar-refractivity contribution in [1.82, 2.24) is 19.9 Å². The number of hydrogen-bond donors (Lipinski definition) is 0. The molecule has 2 aromatic rings. The van der Waals surface area contributed by atoms with Crippen molar-refractivity contribution in [2.24, 2.45) is 0 Å². The van der Waals surface area contributed by atoms with E-state index in [-0.39, 0.29) is 5.91 Å². The van der Waals surface area contributed by atoms with Crippen molar-refractivity contribution in [2.75, 3.05) is 31.6 Å². The second-order valence-electron chi connectivity index (χ2n) is 5.79. The number of carbonyl (C=O) groups is 1. The average Bonchev–Trinajstić information content (AvgIpc) is 3.24. The molecule has 1 aliphatic rings. The highest BCUT2D eigenvalue weighted by Gasteiger charge is 2.21. The highest BCUT2D eigenvalue weighted by Crippen LogP contribution is 2.16. The summed E-state index contributed by atoms with van der Waals surface area (Å²) in [6.45, 7) is 4.50. The van der Waals surface area contributed by atoms with Gasteiger partial charge in [-0.15, -0.1) is 11.3 Å². The van der Waals surface area contributed by atoms with Crippen LogP contribution in [0.25, 0.3) is 0 Å². The summed E-state index contributed by atoms with van der Waals surface area (Å²) in [7, 11) is 1.98. The van der Waals surface area contributed by atoms with Crippen molar-refractivity contribution in [3.05, 3.63) is 34.2 Å². The van der Waals surface area contributed by atoms with Gasteiger partial charge in [-0.3, -0.25) is 9.78 Å². The molecule has 2 aromatic heterocycles. The minimum Gasteiger partial charge on any atom is -0.358 e. The van der Waals surface area contributed by atoms with Crippen LogP contribution in [0.4, 0.5) is 5.82 Å². The minimum absolute atomic E-state index is 0.0106. The Labute approximate surface area is 140 Å². The first-order valence-corrected chi connectivity index (χ1v) is 8.74. The van der Waals surface area contributed by atoms with Crippen LogP contribution in [0.3, 0.4) is 0 Å². The average molecular weight is 331 g/mol. The van der Waals surface area contributed by atoms with E-state index in [1.54, 1.807) is 23.7 Å². The van der Waals surface area contributed by atoms with E-state index >= 15 is 0 Å². The van der Waals surface area contributed by atoms with Gasteiger partial charge in [-0.2, -0.15) is 0 Å². The summed E-state index contributed by atoms with van der Waals surface area (Å²) in [5.74, 6) is 0.723. The molecule has 3 heterocycles. The Morgan fingerprint density at radius 2 is 2.13 bits per heavy atom. The number of aromatic nitrogens is 3. The van der Waals surface area contributed by atoms with Crippen LogP contribution in [-0.4, -0.2) is 52.4 Å². The summed E-state index contributed by atoms with van der Waals surface area (Å²) >= 11 is 1.68. The highest BCUT2D eigenvalue weighted by atomic mass is 32.1. The third-order valence-electron chi connectivity index (χ3n) is 4.14. The number of rotatable bonds is 5. The van der Waals surface area contributed by atoms with Crippen molar-refractivity contribution in [3.8, 4) is 0 Å². The van der Waals surface area contributed by atoms with Gasteiger partial charge in [-0.1, -0.05) is 0 Å². The smallest absolute Gasteiger partial charge is 0.274 e. The van der Waals surface area contributed by atoms with Gasteiger partial charge in [0.05, 0.1) is 23.6 Å². The fourth-order valence-electron chi connectivity index (χ4n) is 2.67. The molecular weight excluding hydrogens is 310 g/mol. The van der Waals surface area contributed by atoms with E-state index in [0.717, 1.165) is 50.4 Å². The molecule has 6 nitrogen and oxygen atoms in total. The molecule has 1 fully saturated rings. The van der Waals surface area contributed by atoms with Crippen molar-refractivity contribution < 1.29 is 4.79 Å². The van der Waals surface area contributed by atoms with E-state index in [1.807, 2.05) is 29.3 Å². The van der Waals surface area contributed by atoms with Gasteiger partial charge >= 0.3 is 0 Å². The van der Waals surface area contributed by atoms with Crippen molar-refractivity contribution in [3.63, 3.8) is 0 Å². The summed E-state index contributed by atoms with van der Waals surface area (Å²) in [6, 6.07) is 0. The lowest BCUT2D eigenvalue weighted by Gasteiger charge is -2.19. The molecule has 0 atom stereocenters. The summed E-state index contributed by atoms with van der Waals surface area (Å²) in [5.41, 5.74) is 3.40. The van der Waals surface area contributed by atoms with Gasteiger partial charge in [0.25, 0.3) is 5.91 Å². The van der Waals surface area contributed by atoms with E-state index < -0.39 is 0 Å². The first kappa shape index (κ1) is 15.9. The van der Waals surface area contributed by atoms with Crippen LogP contribution in [0.5, 0.6) is 0 Å². The van der Waals surface area contributed by atoms with E-state index in [1.165, 1.54) is 4.88 Å². The number of aryl methyl sites for hydroxylation is 1. The Kier molecular flexibility index (Phi) is 4.85. The largest absolute Gasteiger partial charge is 0.358 e. The Bertz CT molecular complexity index is 681. The second-order valence-corrected chi connectivity index (χ2v) is 6.73. The van der Waals surface area contributed by atoms with Crippen molar-refractivity contribution in [2.45, 2.75) is 26.2 Å². The molecule has 1 amide bonds. The molecule has 3 rings (SSSR count). The van der Waals surface area contributed by atoms with Crippen molar-refractivity contribution >= 4 is 23.1 Å².